The lowest BCUT2D eigenvalue weighted by Crippen LogP contribution is -2.52. The SMILES string of the molecule is CCN(C)C(=O)N1CCN(c2ccc(CN)cn2)CC1. The molecule has 6 heteroatoms. The molecule has 1 aliphatic heterocycles. The predicted octanol–water partition coefficient (Wildman–Crippen LogP) is 0.734. The summed E-state index contributed by atoms with van der Waals surface area (Å²) in [6, 6.07) is 4.11. The van der Waals surface area contributed by atoms with Crippen molar-refractivity contribution in [2.75, 3.05) is 44.7 Å². The van der Waals surface area contributed by atoms with Crippen molar-refractivity contribution in [2.24, 2.45) is 5.73 Å². The summed E-state index contributed by atoms with van der Waals surface area (Å²) in [5.41, 5.74) is 6.60. The van der Waals surface area contributed by atoms with E-state index in [9.17, 15) is 4.79 Å². The van der Waals surface area contributed by atoms with Gasteiger partial charge in [0.1, 0.15) is 5.82 Å². The van der Waals surface area contributed by atoms with E-state index >= 15 is 0 Å². The Morgan fingerprint density at radius 1 is 1.35 bits per heavy atom. The lowest BCUT2D eigenvalue weighted by molar-refractivity contribution is 0.161. The highest BCUT2D eigenvalue weighted by atomic mass is 16.2. The predicted molar refractivity (Wildman–Crippen MR) is 79.6 cm³/mol. The normalized spacial score (nSPS) is 15.3. The van der Waals surface area contributed by atoms with Gasteiger partial charge in [-0.1, -0.05) is 6.07 Å². The summed E-state index contributed by atoms with van der Waals surface area (Å²) in [6.07, 6.45) is 1.82. The molecule has 1 saturated heterocycles. The molecule has 0 aromatic carbocycles. The summed E-state index contributed by atoms with van der Waals surface area (Å²) in [6.45, 7) is 6.35. The van der Waals surface area contributed by atoms with Crippen LogP contribution in [0.25, 0.3) is 0 Å². The van der Waals surface area contributed by atoms with E-state index in [-0.39, 0.29) is 6.03 Å². The van der Waals surface area contributed by atoms with E-state index in [1.165, 1.54) is 0 Å². The molecule has 2 amide bonds. The minimum Gasteiger partial charge on any atom is -0.353 e. The molecule has 2 N–H and O–H groups in total. The number of amides is 2. The molecule has 1 aromatic rings. The number of rotatable bonds is 3. The third kappa shape index (κ3) is 3.19. The van der Waals surface area contributed by atoms with Gasteiger partial charge in [0.25, 0.3) is 0 Å². The maximum absolute atomic E-state index is 12.1. The first-order valence-electron chi connectivity index (χ1n) is 7.05. The Kier molecular flexibility index (Phi) is 4.79. The highest BCUT2D eigenvalue weighted by molar-refractivity contribution is 5.74. The van der Waals surface area contributed by atoms with E-state index in [2.05, 4.69) is 9.88 Å². The Morgan fingerprint density at radius 2 is 2.05 bits per heavy atom. The molecule has 1 fully saturated rings. The summed E-state index contributed by atoms with van der Waals surface area (Å²) in [5, 5.41) is 0. The molecular weight excluding hydrogens is 254 g/mol. The fraction of sp³-hybridized carbons (Fsp3) is 0.571. The van der Waals surface area contributed by atoms with E-state index < -0.39 is 0 Å². The maximum Gasteiger partial charge on any atom is 0.319 e. The van der Waals surface area contributed by atoms with Crippen molar-refractivity contribution >= 4 is 11.8 Å². The van der Waals surface area contributed by atoms with Crippen molar-refractivity contribution in [3.8, 4) is 0 Å². The first kappa shape index (κ1) is 14.6. The van der Waals surface area contributed by atoms with Gasteiger partial charge in [0.2, 0.25) is 0 Å². The summed E-state index contributed by atoms with van der Waals surface area (Å²) in [5.74, 6) is 0.957. The Balaban J connectivity index is 1.92. The van der Waals surface area contributed by atoms with Gasteiger partial charge in [-0.15, -0.1) is 0 Å². The van der Waals surface area contributed by atoms with Gasteiger partial charge in [0.15, 0.2) is 0 Å². The first-order valence-corrected chi connectivity index (χ1v) is 7.05. The van der Waals surface area contributed by atoms with E-state index in [1.807, 2.05) is 37.2 Å². The van der Waals surface area contributed by atoms with Crippen LogP contribution in [0.4, 0.5) is 10.6 Å². The number of nitrogens with zero attached hydrogens (tertiary/aromatic N) is 4. The van der Waals surface area contributed by atoms with Crippen molar-refractivity contribution < 1.29 is 4.79 Å². The van der Waals surface area contributed by atoms with E-state index in [0.29, 0.717) is 6.54 Å². The lowest BCUT2D eigenvalue weighted by atomic mass is 10.2. The second kappa shape index (κ2) is 6.56. The van der Waals surface area contributed by atoms with Crippen LogP contribution in [0.3, 0.4) is 0 Å². The highest BCUT2D eigenvalue weighted by Gasteiger charge is 2.23. The minimum absolute atomic E-state index is 0.110. The van der Waals surface area contributed by atoms with Gasteiger partial charge < -0.3 is 20.4 Å². The van der Waals surface area contributed by atoms with Crippen LogP contribution in [0, 0.1) is 0 Å². The van der Waals surface area contributed by atoms with Crippen molar-refractivity contribution in [2.45, 2.75) is 13.5 Å². The Labute approximate surface area is 120 Å². The van der Waals surface area contributed by atoms with Gasteiger partial charge in [0, 0.05) is 52.5 Å². The fourth-order valence-corrected chi connectivity index (χ4v) is 2.23. The zero-order valence-corrected chi connectivity index (χ0v) is 12.2. The molecule has 110 valence electrons. The zero-order valence-electron chi connectivity index (χ0n) is 12.2. The molecule has 6 nitrogen and oxygen atoms in total. The number of hydrogen-bond donors (Lipinski definition) is 1. The van der Waals surface area contributed by atoms with Crippen LogP contribution in [0.2, 0.25) is 0 Å². The summed E-state index contributed by atoms with van der Waals surface area (Å²) < 4.78 is 0. The first-order chi connectivity index (χ1) is 9.65. The van der Waals surface area contributed by atoms with Crippen LogP contribution < -0.4 is 10.6 Å². The quantitative estimate of drug-likeness (QED) is 0.885. The number of anilines is 1. The maximum atomic E-state index is 12.1. The van der Waals surface area contributed by atoms with Gasteiger partial charge >= 0.3 is 6.03 Å². The number of carbonyl (C=O) groups is 1. The smallest absolute Gasteiger partial charge is 0.319 e. The molecule has 0 radical (unpaired) electrons. The van der Waals surface area contributed by atoms with Crippen molar-refractivity contribution in [3.05, 3.63) is 23.9 Å². The molecule has 2 heterocycles. The molecule has 20 heavy (non-hydrogen) atoms. The van der Waals surface area contributed by atoms with Crippen LogP contribution in [0.1, 0.15) is 12.5 Å². The number of pyridine rings is 1. The monoisotopic (exact) mass is 277 g/mol. The molecule has 0 bridgehead atoms. The largest absolute Gasteiger partial charge is 0.353 e. The molecule has 2 rings (SSSR count). The topological polar surface area (TPSA) is 65.7 Å². The van der Waals surface area contributed by atoms with Gasteiger partial charge in [-0.25, -0.2) is 9.78 Å². The van der Waals surface area contributed by atoms with E-state index in [4.69, 9.17) is 5.73 Å². The fourth-order valence-electron chi connectivity index (χ4n) is 2.23. The Bertz CT molecular complexity index is 439. The van der Waals surface area contributed by atoms with E-state index in [0.717, 1.165) is 44.1 Å². The number of nitrogens with two attached hydrogens (primary N) is 1. The highest BCUT2D eigenvalue weighted by Crippen LogP contribution is 2.14. The number of aromatic nitrogens is 1. The number of carbonyl (C=O) groups excluding carboxylic acids is 1. The van der Waals surface area contributed by atoms with Gasteiger partial charge in [0.05, 0.1) is 0 Å². The standard InChI is InChI=1S/C14H23N5O/c1-3-17(2)14(20)19-8-6-18(7-9-19)13-5-4-12(10-15)11-16-13/h4-5,11H,3,6-10,15H2,1-2H3. The lowest BCUT2D eigenvalue weighted by Gasteiger charge is -2.37. The molecule has 0 aliphatic carbocycles. The minimum atomic E-state index is 0.110. The van der Waals surface area contributed by atoms with Crippen LogP contribution in [-0.4, -0.2) is 60.6 Å². The number of piperazine rings is 1. The van der Waals surface area contributed by atoms with Crippen molar-refractivity contribution in [3.63, 3.8) is 0 Å². The third-order valence-electron chi connectivity index (χ3n) is 3.72. The molecule has 0 atom stereocenters. The average Bonchev–Trinajstić information content (AvgIpc) is 2.53. The van der Waals surface area contributed by atoms with Crippen molar-refractivity contribution in [1.82, 2.24) is 14.8 Å². The average molecular weight is 277 g/mol. The summed E-state index contributed by atoms with van der Waals surface area (Å²) in [4.78, 5) is 22.3. The summed E-state index contributed by atoms with van der Waals surface area (Å²) in [7, 11) is 1.84. The van der Waals surface area contributed by atoms with Crippen LogP contribution in [0.15, 0.2) is 18.3 Å². The molecule has 0 spiro atoms. The van der Waals surface area contributed by atoms with Crippen LogP contribution in [-0.2, 0) is 6.54 Å². The van der Waals surface area contributed by atoms with Gasteiger partial charge in [-0.05, 0) is 18.6 Å². The zero-order chi connectivity index (χ0) is 14.5. The Morgan fingerprint density at radius 3 is 2.55 bits per heavy atom. The third-order valence-corrected chi connectivity index (χ3v) is 3.72. The molecule has 0 saturated carbocycles. The van der Waals surface area contributed by atoms with Crippen molar-refractivity contribution in [1.29, 1.82) is 0 Å². The molecule has 0 unspecified atom stereocenters. The molecule has 1 aromatic heterocycles. The van der Waals surface area contributed by atoms with Crippen LogP contribution >= 0.6 is 0 Å². The summed E-state index contributed by atoms with van der Waals surface area (Å²) >= 11 is 0. The van der Waals surface area contributed by atoms with Gasteiger partial charge in [-0.3, -0.25) is 0 Å². The Hall–Kier alpha value is -1.82. The van der Waals surface area contributed by atoms with Crippen LogP contribution in [0.5, 0.6) is 0 Å². The molecule has 1 aliphatic rings. The second-order valence-electron chi connectivity index (χ2n) is 5.00. The van der Waals surface area contributed by atoms with E-state index in [1.54, 1.807) is 4.90 Å². The second-order valence-corrected chi connectivity index (χ2v) is 5.00. The number of hydrogen-bond acceptors (Lipinski definition) is 4. The van der Waals surface area contributed by atoms with Gasteiger partial charge in [-0.2, -0.15) is 0 Å². The molecular formula is C14H23N5O. The number of urea groups is 1.